The maximum Gasteiger partial charge on any atom is 0.104 e. The fourth-order valence-corrected chi connectivity index (χ4v) is 1.80. The van der Waals surface area contributed by atoms with Crippen molar-refractivity contribution in [1.29, 1.82) is 0 Å². The second-order valence-electron chi connectivity index (χ2n) is 3.48. The van der Waals surface area contributed by atoms with E-state index in [0.717, 1.165) is 18.1 Å². The molecule has 0 aromatic carbocycles. The van der Waals surface area contributed by atoms with Gasteiger partial charge < -0.3 is 9.73 Å². The average Bonchev–Trinajstić information content (AvgIpc) is 2.59. The minimum absolute atomic E-state index is 0.831. The third-order valence-corrected chi connectivity index (χ3v) is 2.53. The third-order valence-electron chi connectivity index (χ3n) is 2.53. The molecule has 0 saturated carbocycles. The van der Waals surface area contributed by atoms with Crippen LogP contribution in [0.2, 0.25) is 0 Å². The largest absolute Gasteiger partial charge is 0.469 e. The average molecular weight is 165 g/mol. The first-order valence-electron chi connectivity index (χ1n) is 4.68. The summed E-state index contributed by atoms with van der Waals surface area (Å²) < 4.78 is 5.32. The molecule has 66 valence electrons. The van der Waals surface area contributed by atoms with Crippen molar-refractivity contribution < 1.29 is 4.42 Å². The van der Waals surface area contributed by atoms with E-state index in [9.17, 15) is 0 Å². The number of rotatable bonds is 2. The Hall–Kier alpha value is -0.760. The summed E-state index contributed by atoms with van der Waals surface area (Å²) in [7, 11) is 0. The summed E-state index contributed by atoms with van der Waals surface area (Å²) in [6.45, 7) is 2.34. The minimum atomic E-state index is 0.831. The van der Waals surface area contributed by atoms with Crippen molar-refractivity contribution in [2.75, 3.05) is 13.1 Å². The van der Waals surface area contributed by atoms with E-state index in [1.807, 2.05) is 6.07 Å². The summed E-state index contributed by atoms with van der Waals surface area (Å²) in [5.74, 6) is 1.97. The van der Waals surface area contributed by atoms with Crippen LogP contribution in [0, 0.1) is 5.92 Å². The van der Waals surface area contributed by atoms with Gasteiger partial charge in [-0.25, -0.2) is 0 Å². The van der Waals surface area contributed by atoms with Gasteiger partial charge in [-0.2, -0.15) is 0 Å². The number of furan rings is 1. The lowest BCUT2D eigenvalue weighted by molar-refractivity contribution is 0.347. The molecule has 0 aliphatic carbocycles. The molecule has 0 unspecified atom stereocenters. The highest BCUT2D eigenvalue weighted by atomic mass is 16.3. The van der Waals surface area contributed by atoms with Crippen molar-refractivity contribution in [3.8, 4) is 0 Å². The molecule has 1 saturated heterocycles. The number of hydrogen-bond acceptors (Lipinski definition) is 2. The molecule has 2 nitrogen and oxygen atoms in total. The standard InChI is InChI=1S/C10H15NO/c1-2-10(12-7-1)8-9-3-5-11-6-4-9/h1-2,7,9,11H,3-6,8H2. The van der Waals surface area contributed by atoms with Gasteiger partial charge in [0.1, 0.15) is 5.76 Å². The highest BCUT2D eigenvalue weighted by molar-refractivity contribution is 4.99. The van der Waals surface area contributed by atoms with E-state index in [1.54, 1.807) is 6.26 Å². The molecule has 1 aliphatic heterocycles. The normalized spacial score (nSPS) is 19.7. The second kappa shape index (κ2) is 3.76. The summed E-state index contributed by atoms with van der Waals surface area (Å²) >= 11 is 0. The van der Waals surface area contributed by atoms with Gasteiger partial charge >= 0.3 is 0 Å². The lowest BCUT2D eigenvalue weighted by Crippen LogP contribution is -2.28. The van der Waals surface area contributed by atoms with Crippen LogP contribution >= 0.6 is 0 Å². The van der Waals surface area contributed by atoms with Crippen LogP contribution in [0.5, 0.6) is 0 Å². The van der Waals surface area contributed by atoms with Crippen molar-refractivity contribution in [2.24, 2.45) is 5.92 Å². The Bertz CT molecular complexity index is 212. The Balaban J connectivity index is 1.86. The molecule has 1 aromatic heterocycles. The Morgan fingerprint density at radius 2 is 2.25 bits per heavy atom. The summed E-state index contributed by atoms with van der Waals surface area (Å²) in [5, 5.41) is 3.36. The van der Waals surface area contributed by atoms with Crippen LogP contribution in [0.25, 0.3) is 0 Å². The smallest absolute Gasteiger partial charge is 0.104 e. The van der Waals surface area contributed by atoms with Gasteiger partial charge in [-0.1, -0.05) is 0 Å². The molecule has 0 radical (unpaired) electrons. The van der Waals surface area contributed by atoms with Crippen LogP contribution in [0.15, 0.2) is 22.8 Å². The van der Waals surface area contributed by atoms with Crippen molar-refractivity contribution in [2.45, 2.75) is 19.3 Å². The van der Waals surface area contributed by atoms with E-state index in [0.29, 0.717) is 0 Å². The fraction of sp³-hybridized carbons (Fsp3) is 0.600. The second-order valence-corrected chi connectivity index (χ2v) is 3.48. The molecule has 2 heteroatoms. The molecule has 2 rings (SSSR count). The maximum atomic E-state index is 5.32. The van der Waals surface area contributed by atoms with E-state index in [1.165, 1.54) is 25.9 Å². The van der Waals surface area contributed by atoms with Crippen molar-refractivity contribution >= 4 is 0 Å². The first kappa shape index (κ1) is 7.87. The van der Waals surface area contributed by atoms with Gasteiger partial charge in [-0.05, 0) is 44.0 Å². The van der Waals surface area contributed by atoms with Crippen LogP contribution in [-0.4, -0.2) is 13.1 Å². The van der Waals surface area contributed by atoms with Crippen LogP contribution in [0.3, 0.4) is 0 Å². The zero-order chi connectivity index (χ0) is 8.23. The first-order valence-corrected chi connectivity index (χ1v) is 4.68. The minimum Gasteiger partial charge on any atom is -0.469 e. The molecule has 1 aliphatic rings. The lowest BCUT2D eigenvalue weighted by Gasteiger charge is -2.21. The molecule has 2 heterocycles. The van der Waals surface area contributed by atoms with E-state index in [-0.39, 0.29) is 0 Å². The Kier molecular flexibility index (Phi) is 2.47. The van der Waals surface area contributed by atoms with Gasteiger partial charge in [-0.15, -0.1) is 0 Å². The molecule has 1 N–H and O–H groups in total. The van der Waals surface area contributed by atoms with Crippen LogP contribution in [0.4, 0.5) is 0 Å². The van der Waals surface area contributed by atoms with Crippen molar-refractivity contribution in [1.82, 2.24) is 5.32 Å². The maximum absolute atomic E-state index is 5.32. The van der Waals surface area contributed by atoms with E-state index >= 15 is 0 Å². The Morgan fingerprint density at radius 3 is 2.92 bits per heavy atom. The zero-order valence-corrected chi connectivity index (χ0v) is 7.25. The summed E-state index contributed by atoms with van der Waals surface area (Å²) in [6.07, 6.45) is 5.46. The predicted molar refractivity (Wildman–Crippen MR) is 48.0 cm³/mol. The number of nitrogens with one attached hydrogen (secondary N) is 1. The fourth-order valence-electron chi connectivity index (χ4n) is 1.80. The molecule has 12 heavy (non-hydrogen) atoms. The molecule has 1 aromatic rings. The summed E-state index contributed by atoms with van der Waals surface area (Å²) in [4.78, 5) is 0. The molecule has 0 bridgehead atoms. The molecule has 0 spiro atoms. The first-order chi connectivity index (χ1) is 5.95. The molecule has 1 fully saturated rings. The van der Waals surface area contributed by atoms with Crippen LogP contribution in [0.1, 0.15) is 18.6 Å². The summed E-state index contributed by atoms with van der Waals surface area (Å²) in [6, 6.07) is 4.04. The SMILES string of the molecule is c1coc(CC2CCNCC2)c1. The summed E-state index contributed by atoms with van der Waals surface area (Å²) in [5.41, 5.74) is 0. The molecular formula is C10H15NO. The van der Waals surface area contributed by atoms with E-state index in [4.69, 9.17) is 4.42 Å². The van der Waals surface area contributed by atoms with Gasteiger partial charge in [0.2, 0.25) is 0 Å². The highest BCUT2D eigenvalue weighted by Gasteiger charge is 2.14. The van der Waals surface area contributed by atoms with E-state index in [2.05, 4.69) is 11.4 Å². The molecule has 0 atom stereocenters. The Labute approximate surface area is 73.0 Å². The predicted octanol–water partition coefficient (Wildman–Crippen LogP) is 1.82. The molecule has 0 amide bonds. The van der Waals surface area contributed by atoms with E-state index < -0.39 is 0 Å². The van der Waals surface area contributed by atoms with Gasteiger partial charge in [0.05, 0.1) is 6.26 Å². The number of piperidine rings is 1. The lowest BCUT2D eigenvalue weighted by atomic mass is 9.94. The van der Waals surface area contributed by atoms with Gasteiger partial charge in [-0.3, -0.25) is 0 Å². The van der Waals surface area contributed by atoms with Gasteiger partial charge in [0.15, 0.2) is 0 Å². The van der Waals surface area contributed by atoms with Gasteiger partial charge in [0.25, 0.3) is 0 Å². The quantitative estimate of drug-likeness (QED) is 0.723. The third kappa shape index (κ3) is 1.89. The number of hydrogen-bond donors (Lipinski definition) is 1. The van der Waals surface area contributed by atoms with Gasteiger partial charge in [0, 0.05) is 6.42 Å². The molecular weight excluding hydrogens is 150 g/mol. The monoisotopic (exact) mass is 165 g/mol. The highest BCUT2D eigenvalue weighted by Crippen LogP contribution is 2.17. The topological polar surface area (TPSA) is 25.2 Å². The van der Waals surface area contributed by atoms with Crippen LogP contribution < -0.4 is 5.32 Å². The zero-order valence-electron chi connectivity index (χ0n) is 7.25. The van der Waals surface area contributed by atoms with Crippen LogP contribution in [-0.2, 0) is 6.42 Å². The van der Waals surface area contributed by atoms with Crippen molar-refractivity contribution in [3.05, 3.63) is 24.2 Å². The van der Waals surface area contributed by atoms with Crippen molar-refractivity contribution in [3.63, 3.8) is 0 Å². The Morgan fingerprint density at radius 1 is 1.42 bits per heavy atom.